The number of rotatable bonds is 60. The Bertz CT molecular complexity index is 1220. The summed E-state index contributed by atoms with van der Waals surface area (Å²) in [6.07, 6.45) is 75.7. The van der Waals surface area contributed by atoms with Gasteiger partial charge in [0.05, 0.1) is 0 Å². The van der Waals surface area contributed by atoms with Gasteiger partial charge in [-0.1, -0.05) is 276 Å². The largest absolute Gasteiger partial charge is 0.462 e. The molecule has 0 saturated heterocycles. The number of ether oxygens (including phenoxy) is 3. The molecule has 428 valence electrons. The molecule has 0 spiro atoms. The van der Waals surface area contributed by atoms with Gasteiger partial charge in [0.25, 0.3) is 0 Å². The molecule has 0 heterocycles. The molecule has 0 radical (unpaired) electrons. The summed E-state index contributed by atoms with van der Waals surface area (Å²) in [5.74, 6) is -0.865. The fourth-order valence-corrected chi connectivity index (χ4v) is 9.67. The summed E-state index contributed by atoms with van der Waals surface area (Å²) < 4.78 is 17.0. The molecule has 0 N–H and O–H groups in total. The molecule has 73 heavy (non-hydrogen) atoms. The number of carbonyl (C=O) groups is 3. The highest BCUT2D eigenvalue weighted by atomic mass is 16.6. The van der Waals surface area contributed by atoms with Crippen molar-refractivity contribution in [2.24, 2.45) is 0 Å². The Morgan fingerprint density at radius 2 is 0.452 bits per heavy atom. The Morgan fingerprint density at radius 1 is 0.260 bits per heavy atom. The van der Waals surface area contributed by atoms with Gasteiger partial charge in [-0.15, -0.1) is 0 Å². The molecule has 0 fully saturated rings. The predicted molar refractivity (Wildman–Crippen MR) is 316 cm³/mol. The Morgan fingerprint density at radius 3 is 0.685 bits per heavy atom. The van der Waals surface area contributed by atoms with Crippen LogP contribution in [0.3, 0.4) is 0 Å². The summed E-state index contributed by atoms with van der Waals surface area (Å²) in [4.78, 5) is 38.3. The number of carbonyl (C=O) groups excluding carboxylic acids is 3. The predicted octanol–water partition coefficient (Wildman–Crippen LogP) is 22.0. The lowest BCUT2D eigenvalue weighted by Crippen LogP contribution is -2.30. The van der Waals surface area contributed by atoms with E-state index in [-0.39, 0.29) is 31.1 Å². The van der Waals surface area contributed by atoms with Gasteiger partial charge in [-0.05, 0) is 96.3 Å². The van der Waals surface area contributed by atoms with Gasteiger partial charge < -0.3 is 14.2 Å². The SMILES string of the molecule is CCCCCCCC/C=C\CCCCCCCCCC(=O)OC[C@H](COC(=O)CCCCCCCCC/C=C\CCCCCCCCCC)OC(=O)CCCCCCCCC/C=C\CCCCCCCCCC. The summed E-state index contributed by atoms with van der Waals surface area (Å²) in [6, 6.07) is 0. The summed E-state index contributed by atoms with van der Waals surface area (Å²) >= 11 is 0. The van der Waals surface area contributed by atoms with Gasteiger partial charge in [-0.2, -0.15) is 0 Å². The van der Waals surface area contributed by atoms with Crippen LogP contribution in [-0.4, -0.2) is 37.2 Å². The van der Waals surface area contributed by atoms with Crippen LogP contribution in [0.25, 0.3) is 0 Å². The molecule has 0 unspecified atom stereocenters. The second-order valence-electron chi connectivity index (χ2n) is 22.0. The van der Waals surface area contributed by atoms with E-state index in [0.29, 0.717) is 19.3 Å². The highest BCUT2D eigenvalue weighted by molar-refractivity contribution is 5.71. The van der Waals surface area contributed by atoms with Crippen LogP contribution in [0, 0.1) is 0 Å². The van der Waals surface area contributed by atoms with Crippen molar-refractivity contribution in [1.29, 1.82) is 0 Å². The van der Waals surface area contributed by atoms with Gasteiger partial charge >= 0.3 is 17.9 Å². The van der Waals surface area contributed by atoms with Crippen LogP contribution in [-0.2, 0) is 28.6 Å². The van der Waals surface area contributed by atoms with Crippen LogP contribution in [0.1, 0.15) is 355 Å². The normalized spacial score (nSPS) is 12.2. The highest BCUT2D eigenvalue weighted by Gasteiger charge is 2.19. The maximum absolute atomic E-state index is 12.9. The van der Waals surface area contributed by atoms with E-state index >= 15 is 0 Å². The van der Waals surface area contributed by atoms with Crippen molar-refractivity contribution in [2.75, 3.05) is 13.2 Å². The van der Waals surface area contributed by atoms with Crippen molar-refractivity contribution >= 4 is 17.9 Å². The fraction of sp³-hybridized carbons (Fsp3) is 0.866. The molecule has 0 aliphatic heterocycles. The van der Waals surface area contributed by atoms with E-state index in [1.54, 1.807) is 0 Å². The van der Waals surface area contributed by atoms with E-state index in [1.807, 2.05) is 0 Å². The molecule has 0 aromatic rings. The number of unbranched alkanes of at least 4 members (excludes halogenated alkanes) is 43. The second kappa shape index (κ2) is 62.2. The Labute approximate surface area is 455 Å². The third-order valence-corrected chi connectivity index (χ3v) is 14.6. The van der Waals surface area contributed by atoms with Gasteiger partial charge in [-0.3, -0.25) is 14.4 Å². The van der Waals surface area contributed by atoms with Gasteiger partial charge in [0.1, 0.15) is 13.2 Å². The quantitative estimate of drug-likeness (QED) is 0.0261. The van der Waals surface area contributed by atoms with E-state index in [9.17, 15) is 14.4 Å². The molecule has 0 bridgehead atoms. The van der Waals surface area contributed by atoms with Crippen molar-refractivity contribution in [3.05, 3.63) is 36.5 Å². The van der Waals surface area contributed by atoms with Crippen LogP contribution in [0.4, 0.5) is 0 Å². The van der Waals surface area contributed by atoms with E-state index in [2.05, 4.69) is 57.2 Å². The maximum atomic E-state index is 12.9. The zero-order chi connectivity index (χ0) is 52.9. The van der Waals surface area contributed by atoms with E-state index in [4.69, 9.17) is 14.2 Å². The van der Waals surface area contributed by atoms with Crippen LogP contribution < -0.4 is 0 Å². The number of hydrogen-bond donors (Lipinski definition) is 0. The van der Waals surface area contributed by atoms with Crippen molar-refractivity contribution in [2.45, 2.75) is 361 Å². The standard InChI is InChI=1S/C67H124O6/c1-4-7-10-13-16-19-22-25-28-31-33-36-39-42-45-48-51-54-57-60-66(69)72-63-64(62-71-65(68)59-56-53-50-47-44-41-38-35-30-27-24-21-18-15-12-9-6-3)73-67(70)61-58-55-52-49-46-43-40-37-34-32-29-26-23-20-17-14-11-8-5-2/h27,30-34,64H,4-26,28-29,35-63H2,1-3H3/b30-27-,33-31-,34-32-/t64-/m1/s1. The van der Waals surface area contributed by atoms with Crippen LogP contribution in [0.5, 0.6) is 0 Å². The third-order valence-electron chi connectivity index (χ3n) is 14.6. The Kier molecular flexibility index (Phi) is 60.2. The van der Waals surface area contributed by atoms with Crippen molar-refractivity contribution in [1.82, 2.24) is 0 Å². The minimum Gasteiger partial charge on any atom is -0.462 e. The first-order valence-corrected chi connectivity index (χ1v) is 32.5. The third kappa shape index (κ3) is 60.4. The summed E-state index contributed by atoms with van der Waals surface area (Å²) in [7, 11) is 0. The van der Waals surface area contributed by atoms with Gasteiger partial charge in [-0.25, -0.2) is 0 Å². The molecular weight excluding hydrogens is 901 g/mol. The first kappa shape index (κ1) is 70.6. The topological polar surface area (TPSA) is 78.9 Å². The van der Waals surface area contributed by atoms with Crippen LogP contribution in [0.15, 0.2) is 36.5 Å². The number of esters is 3. The first-order valence-electron chi connectivity index (χ1n) is 32.5. The Hall–Kier alpha value is -2.37. The summed E-state index contributed by atoms with van der Waals surface area (Å²) in [6.45, 7) is 6.68. The lowest BCUT2D eigenvalue weighted by Gasteiger charge is -2.18. The van der Waals surface area contributed by atoms with E-state index < -0.39 is 6.10 Å². The molecule has 0 rings (SSSR count). The molecule has 6 heteroatoms. The summed E-state index contributed by atoms with van der Waals surface area (Å²) in [5, 5.41) is 0. The molecule has 0 saturated carbocycles. The molecule has 0 aliphatic carbocycles. The average molecular weight is 1030 g/mol. The smallest absolute Gasteiger partial charge is 0.306 e. The van der Waals surface area contributed by atoms with E-state index in [1.165, 1.54) is 257 Å². The first-order chi connectivity index (χ1) is 36.0. The number of hydrogen-bond acceptors (Lipinski definition) is 6. The molecule has 6 nitrogen and oxygen atoms in total. The average Bonchev–Trinajstić information content (AvgIpc) is 3.39. The monoisotopic (exact) mass is 1020 g/mol. The minimum absolute atomic E-state index is 0.0747. The summed E-state index contributed by atoms with van der Waals surface area (Å²) in [5.41, 5.74) is 0. The molecule has 0 aromatic heterocycles. The maximum Gasteiger partial charge on any atom is 0.306 e. The van der Waals surface area contributed by atoms with Crippen molar-refractivity contribution in [3.63, 3.8) is 0 Å². The molecule has 0 aliphatic rings. The zero-order valence-electron chi connectivity index (χ0n) is 49.2. The van der Waals surface area contributed by atoms with Crippen molar-refractivity contribution in [3.8, 4) is 0 Å². The molecule has 0 amide bonds. The highest BCUT2D eigenvalue weighted by Crippen LogP contribution is 2.17. The lowest BCUT2D eigenvalue weighted by atomic mass is 10.1. The van der Waals surface area contributed by atoms with Crippen molar-refractivity contribution < 1.29 is 28.6 Å². The fourth-order valence-electron chi connectivity index (χ4n) is 9.67. The van der Waals surface area contributed by atoms with Gasteiger partial charge in [0, 0.05) is 19.3 Å². The van der Waals surface area contributed by atoms with Crippen LogP contribution in [0.2, 0.25) is 0 Å². The zero-order valence-corrected chi connectivity index (χ0v) is 49.2. The van der Waals surface area contributed by atoms with Gasteiger partial charge in [0.2, 0.25) is 0 Å². The van der Waals surface area contributed by atoms with Gasteiger partial charge in [0.15, 0.2) is 6.10 Å². The Balaban J connectivity index is 4.35. The molecule has 0 aromatic carbocycles. The lowest BCUT2D eigenvalue weighted by molar-refractivity contribution is -0.167. The van der Waals surface area contributed by atoms with E-state index in [0.717, 1.165) is 57.8 Å². The minimum atomic E-state index is -0.778. The number of allylic oxidation sites excluding steroid dienone is 6. The van der Waals surface area contributed by atoms with Crippen LogP contribution >= 0.6 is 0 Å². The second-order valence-corrected chi connectivity index (χ2v) is 22.0. The molecular formula is C67H124O6. The molecule has 1 atom stereocenters.